The number of nitro benzene ring substituents is 1. The molecule has 0 unspecified atom stereocenters. The predicted octanol–water partition coefficient (Wildman–Crippen LogP) is 3.14. The van der Waals surface area contributed by atoms with Crippen molar-refractivity contribution in [3.63, 3.8) is 0 Å². The number of benzene rings is 1. The van der Waals surface area contributed by atoms with E-state index in [1.54, 1.807) is 40.0 Å². The molecular weight excluding hydrogens is 352 g/mol. The molecule has 2 N–H and O–H groups in total. The van der Waals surface area contributed by atoms with Crippen LogP contribution < -0.4 is 20.3 Å². The molecule has 1 aromatic rings. The molecule has 0 spiro atoms. The van der Waals surface area contributed by atoms with Crippen molar-refractivity contribution in [1.82, 2.24) is 5.32 Å². The van der Waals surface area contributed by atoms with Crippen molar-refractivity contribution in [2.45, 2.75) is 45.3 Å². The second-order valence-electron chi connectivity index (χ2n) is 7.48. The van der Waals surface area contributed by atoms with E-state index < -0.39 is 16.6 Å². The Labute approximate surface area is 159 Å². The second kappa shape index (κ2) is 8.32. The monoisotopic (exact) mass is 380 g/mol. The Morgan fingerprint density at radius 1 is 1.37 bits per heavy atom. The van der Waals surface area contributed by atoms with Gasteiger partial charge in [0.05, 0.1) is 12.0 Å². The number of hydrogen-bond acceptors (Lipinski definition) is 7. The van der Waals surface area contributed by atoms with Gasteiger partial charge in [0.1, 0.15) is 22.7 Å². The minimum Gasteiger partial charge on any atom is -0.497 e. The molecule has 0 aromatic heterocycles. The zero-order valence-electron chi connectivity index (χ0n) is 16.5. The first-order valence-corrected chi connectivity index (χ1v) is 8.93. The van der Waals surface area contributed by atoms with E-state index in [0.717, 1.165) is 12.8 Å². The molecule has 0 radical (unpaired) electrons. The number of nitrogens with one attached hydrogen (secondary N) is 2. The van der Waals surface area contributed by atoms with Crippen LogP contribution in [-0.4, -0.2) is 49.9 Å². The Morgan fingerprint density at radius 3 is 2.63 bits per heavy atom. The van der Waals surface area contributed by atoms with Gasteiger partial charge in [0.15, 0.2) is 0 Å². The van der Waals surface area contributed by atoms with Crippen LogP contribution in [0.5, 0.6) is 5.75 Å². The van der Waals surface area contributed by atoms with Crippen molar-refractivity contribution in [2.24, 2.45) is 0 Å². The lowest BCUT2D eigenvalue weighted by Gasteiger charge is -2.35. The third-order valence-electron chi connectivity index (χ3n) is 4.23. The number of piperidine rings is 1. The maximum absolute atomic E-state index is 12.1. The molecule has 27 heavy (non-hydrogen) atoms. The molecule has 0 bridgehead atoms. The van der Waals surface area contributed by atoms with Gasteiger partial charge in [-0.1, -0.05) is 0 Å². The largest absolute Gasteiger partial charge is 0.497 e. The molecular formula is C18H28N4O5. The third kappa shape index (κ3) is 5.38. The van der Waals surface area contributed by atoms with Gasteiger partial charge in [-0.25, -0.2) is 4.79 Å². The van der Waals surface area contributed by atoms with Crippen LogP contribution in [0.1, 0.15) is 33.6 Å². The van der Waals surface area contributed by atoms with Gasteiger partial charge >= 0.3 is 11.8 Å². The van der Waals surface area contributed by atoms with Crippen molar-refractivity contribution in [2.75, 3.05) is 37.5 Å². The Balaban J connectivity index is 2.24. The Kier molecular flexibility index (Phi) is 6.35. The summed E-state index contributed by atoms with van der Waals surface area (Å²) in [5.41, 5.74) is 0.276. The number of alkyl carbamates (subject to hydrolysis) is 1. The zero-order chi connectivity index (χ0) is 20.2. The van der Waals surface area contributed by atoms with E-state index in [-0.39, 0.29) is 11.7 Å². The summed E-state index contributed by atoms with van der Waals surface area (Å²) in [5.74, 6) is 0.530. The van der Waals surface area contributed by atoms with Crippen LogP contribution in [0.4, 0.5) is 21.9 Å². The number of rotatable bonds is 5. The summed E-state index contributed by atoms with van der Waals surface area (Å²) in [6, 6.07) is 3.11. The number of anilines is 2. The first-order valence-electron chi connectivity index (χ1n) is 8.93. The molecule has 1 amide bonds. The molecule has 1 saturated heterocycles. The SMILES string of the molecule is CNc1cc(OC)cc(N2CCC[C@@H](NC(=O)OC(C)(C)C)C2)c1[N+](=O)[O-]. The molecule has 2 rings (SSSR count). The highest BCUT2D eigenvalue weighted by atomic mass is 16.6. The third-order valence-corrected chi connectivity index (χ3v) is 4.23. The highest BCUT2D eigenvalue weighted by Gasteiger charge is 2.30. The summed E-state index contributed by atoms with van der Waals surface area (Å²) in [5, 5.41) is 17.4. The first-order chi connectivity index (χ1) is 12.6. The fraction of sp³-hybridized carbons (Fsp3) is 0.611. The topological polar surface area (TPSA) is 106 Å². The normalized spacial score (nSPS) is 17.2. The zero-order valence-corrected chi connectivity index (χ0v) is 16.5. The predicted molar refractivity (Wildman–Crippen MR) is 104 cm³/mol. The highest BCUT2D eigenvalue weighted by molar-refractivity contribution is 5.79. The number of nitrogens with zero attached hydrogens (tertiary/aromatic N) is 2. The van der Waals surface area contributed by atoms with Crippen molar-refractivity contribution < 1.29 is 19.2 Å². The first kappa shape index (κ1) is 20.6. The standard InChI is InChI=1S/C18H28N4O5/c1-18(2,3)27-17(23)20-12-7-6-8-21(11-12)15-10-13(26-5)9-14(19-4)16(15)22(24)25/h9-10,12,19H,6-8,11H2,1-5H3,(H,20,23)/t12-/m1/s1. The lowest BCUT2D eigenvalue weighted by Crippen LogP contribution is -2.49. The molecule has 0 saturated carbocycles. The number of amides is 1. The smallest absolute Gasteiger partial charge is 0.407 e. The quantitative estimate of drug-likeness (QED) is 0.597. The second-order valence-corrected chi connectivity index (χ2v) is 7.48. The molecule has 1 fully saturated rings. The number of nitro groups is 1. The van der Waals surface area contributed by atoms with Gasteiger partial charge in [0.2, 0.25) is 0 Å². The maximum atomic E-state index is 12.1. The lowest BCUT2D eigenvalue weighted by molar-refractivity contribution is -0.383. The number of ether oxygens (including phenoxy) is 2. The average Bonchev–Trinajstić information content (AvgIpc) is 2.58. The van der Waals surface area contributed by atoms with Gasteiger partial charge in [-0.3, -0.25) is 10.1 Å². The van der Waals surface area contributed by atoms with E-state index >= 15 is 0 Å². The molecule has 150 valence electrons. The van der Waals surface area contributed by atoms with Gasteiger partial charge in [0.25, 0.3) is 0 Å². The van der Waals surface area contributed by atoms with Crippen LogP contribution in [0, 0.1) is 10.1 Å². The molecule has 1 heterocycles. The van der Waals surface area contributed by atoms with Gasteiger partial charge in [-0.2, -0.15) is 0 Å². The van der Waals surface area contributed by atoms with E-state index in [4.69, 9.17) is 9.47 Å². The van der Waals surface area contributed by atoms with Gasteiger partial charge in [-0.05, 0) is 33.6 Å². The van der Waals surface area contributed by atoms with E-state index in [1.807, 2.05) is 4.90 Å². The van der Waals surface area contributed by atoms with Crippen LogP contribution in [0.2, 0.25) is 0 Å². The van der Waals surface area contributed by atoms with Crippen molar-refractivity contribution in [3.05, 3.63) is 22.2 Å². The Hall–Kier alpha value is -2.71. The lowest BCUT2D eigenvalue weighted by atomic mass is 10.0. The number of carbonyl (C=O) groups is 1. The van der Waals surface area contributed by atoms with Gasteiger partial charge in [0, 0.05) is 38.3 Å². The average molecular weight is 380 g/mol. The summed E-state index contributed by atoms with van der Waals surface area (Å²) in [6.45, 7) is 6.52. The van der Waals surface area contributed by atoms with Crippen molar-refractivity contribution in [1.29, 1.82) is 0 Å². The van der Waals surface area contributed by atoms with Crippen LogP contribution in [0.15, 0.2) is 12.1 Å². The molecule has 1 aromatic carbocycles. The van der Waals surface area contributed by atoms with Crippen LogP contribution in [0.25, 0.3) is 0 Å². The van der Waals surface area contributed by atoms with Crippen LogP contribution >= 0.6 is 0 Å². The summed E-state index contributed by atoms with van der Waals surface area (Å²) < 4.78 is 10.6. The molecule has 1 aliphatic rings. The van der Waals surface area contributed by atoms with E-state index in [0.29, 0.717) is 30.2 Å². The van der Waals surface area contributed by atoms with Gasteiger partial charge in [-0.15, -0.1) is 0 Å². The van der Waals surface area contributed by atoms with Gasteiger partial charge < -0.3 is 25.0 Å². The summed E-state index contributed by atoms with van der Waals surface area (Å²) in [7, 11) is 3.15. The van der Waals surface area contributed by atoms with E-state index in [1.165, 1.54) is 7.11 Å². The number of hydrogen-bond donors (Lipinski definition) is 2. The number of methoxy groups -OCH3 is 1. The summed E-state index contributed by atoms with van der Waals surface area (Å²) in [6.07, 6.45) is 1.10. The molecule has 1 aliphatic heterocycles. The molecule has 1 atom stereocenters. The van der Waals surface area contributed by atoms with Crippen molar-refractivity contribution in [3.8, 4) is 5.75 Å². The minimum atomic E-state index is -0.578. The molecule has 9 nitrogen and oxygen atoms in total. The fourth-order valence-corrected chi connectivity index (χ4v) is 3.12. The van der Waals surface area contributed by atoms with Crippen LogP contribution in [-0.2, 0) is 4.74 Å². The van der Waals surface area contributed by atoms with Crippen molar-refractivity contribution >= 4 is 23.2 Å². The Morgan fingerprint density at radius 2 is 2.07 bits per heavy atom. The minimum absolute atomic E-state index is 0.00350. The van der Waals surface area contributed by atoms with E-state index in [9.17, 15) is 14.9 Å². The van der Waals surface area contributed by atoms with E-state index in [2.05, 4.69) is 10.6 Å². The Bertz CT molecular complexity index is 702. The fourth-order valence-electron chi connectivity index (χ4n) is 3.12. The maximum Gasteiger partial charge on any atom is 0.407 e. The summed E-state index contributed by atoms with van der Waals surface area (Å²) in [4.78, 5) is 25.2. The van der Waals surface area contributed by atoms with Crippen LogP contribution in [0.3, 0.4) is 0 Å². The molecule has 9 heteroatoms. The number of carbonyl (C=O) groups excluding carboxylic acids is 1. The highest BCUT2D eigenvalue weighted by Crippen LogP contribution is 2.40. The summed E-state index contributed by atoms with van der Waals surface area (Å²) >= 11 is 0. The molecule has 0 aliphatic carbocycles.